The van der Waals surface area contributed by atoms with E-state index in [9.17, 15) is 4.79 Å². The molecule has 110 valence electrons. The number of anilines is 2. The zero-order chi connectivity index (χ0) is 15.4. The topological polar surface area (TPSA) is 73.6 Å². The van der Waals surface area contributed by atoms with Crippen LogP contribution >= 0.6 is 11.6 Å². The Morgan fingerprint density at radius 1 is 1.19 bits per heavy atom. The van der Waals surface area contributed by atoms with Gasteiger partial charge in [0.15, 0.2) is 0 Å². The van der Waals surface area contributed by atoms with E-state index in [1.165, 1.54) is 14.2 Å². The molecule has 0 atom stereocenters. The van der Waals surface area contributed by atoms with Gasteiger partial charge in [0.25, 0.3) is 5.91 Å². The third-order valence-corrected chi connectivity index (χ3v) is 3.26. The Kier molecular flexibility index (Phi) is 4.55. The Hall–Kier alpha value is -2.40. The highest BCUT2D eigenvalue weighted by atomic mass is 35.5. The Labute approximate surface area is 127 Å². The van der Waals surface area contributed by atoms with Crippen molar-refractivity contribution in [2.45, 2.75) is 0 Å². The van der Waals surface area contributed by atoms with Gasteiger partial charge in [-0.1, -0.05) is 17.7 Å². The number of hydrogen-bond donors (Lipinski definition) is 2. The van der Waals surface area contributed by atoms with E-state index in [-0.39, 0.29) is 5.56 Å². The lowest BCUT2D eigenvalue weighted by molar-refractivity contribution is 0.102. The Balaban J connectivity index is 2.35. The maximum absolute atomic E-state index is 12.4. The van der Waals surface area contributed by atoms with Crippen molar-refractivity contribution >= 4 is 28.9 Å². The molecule has 0 saturated heterocycles. The minimum absolute atomic E-state index is 0.263. The van der Waals surface area contributed by atoms with E-state index in [0.717, 1.165) is 0 Å². The summed E-state index contributed by atoms with van der Waals surface area (Å²) < 4.78 is 10.3. The highest BCUT2D eigenvalue weighted by Crippen LogP contribution is 2.29. The van der Waals surface area contributed by atoms with Crippen LogP contribution in [0.15, 0.2) is 36.4 Å². The maximum atomic E-state index is 12.4. The predicted octanol–water partition coefficient (Wildman–Crippen LogP) is 3.19. The van der Waals surface area contributed by atoms with Gasteiger partial charge in [0.2, 0.25) is 0 Å². The highest BCUT2D eigenvalue weighted by Gasteiger charge is 2.17. The molecule has 0 saturated carbocycles. The molecule has 0 aromatic heterocycles. The minimum atomic E-state index is -0.403. The number of carbonyl (C=O) groups excluding carboxylic acids is 1. The lowest BCUT2D eigenvalue weighted by Gasteiger charge is -2.13. The van der Waals surface area contributed by atoms with Crippen LogP contribution in [0.4, 0.5) is 11.4 Å². The second kappa shape index (κ2) is 6.37. The van der Waals surface area contributed by atoms with Crippen molar-refractivity contribution in [3.8, 4) is 11.5 Å². The summed E-state index contributed by atoms with van der Waals surface area (Å²) >= 11 is 6.07. The van der Waals surface area contributed by atoms with Crippen molar-refractivity contribution in [3.63, 3.8) is 0 Å². The average Bonchev–Trinajstić information content (AvgIpc) is 2.48. The van der Waals surface area contributed by atoms with E-state index in [2.05, 4.69) is 5.32 Å². The fourth-order valence-corrected chi connectivity index (χ4v) is 2.04. The Morgan fingerprint density at radius 2 is 1.95 bits per heavy atom. The SMILES string of the molecule is COc1ccc(Cl)c(NC(=O)c2c(N)cccc2OC)c1. The van der Waals surface area contributed by atoms with Crippen LogP contribution in [-0.2, 0) is 0 Å². The van der Waals surface area contributed by atoms with Gasteiger partial charge < -0.3 is 20.5 Å². The largest absolute Gasteiger partial charge is 0.497 e. The van der Waals surface area contributed by atoms with E-state index in [4.69, 9.17) is 26.8 Å². The number of nitrogens with two attached hydrogens (primary N) is 1. The van der Waals surface area contributed by atoms with Gasteiger partial charge in [0.05, 0.1) is 24.9 Å². The number of ether oxygens (including phenoxy) is 2. The molecular formula is C15H15ClN2O3. The number of halogens is 1. The van der Waals surface area contributed by atoms with Gasteiger partial charge in [-0.05, 0) is 24.3 Å². The van der Waals surface area contributed by atoms with E-state index in [1.54, 1.807) is 36.4 Å². The number of hydrogen-bond acceptors (Lipinski definition) is 4. The van der Waals surface area contributed by atoms with Crippen molar-refractivity contribution in [3.05, 3.63) is 47.0 Å². The first kappa shape index (κ1) is 15.0. The average molecular weight is 307 g/mol. The molecule has 21 heavy (non-hydrogen) atoms. The molecule has 0 aliphatic rings. The van der Waals surface area contributed by atoms with Gasteiger partial charge in [-0.25, -0.2) is 0 Å². The molecule has 5 nitrogen and oxygen atoms in total. The number of nitrogen functional groups attached to an aromatic ring is 1. The number of methoxy groups -OCH3 is 2. The van der Waals surface area contributed by atoms with Crippen molar-refractivity contribution in [2.75, 3.05) is 25.3 Å². The van der Waals surface area contributed by atoms with E-state index < -0.39 is 5.91 Å². The smallest absolute Gasteiger partial charge is 0.261 e. The van der Waals surface area contributed by atoms with Crippen LogP contribution in [0, 0.1) is 0 Å². The van der Waals surface area contributed by atoms with Crippen molar-refractivity contribution < 1.29 is 14.3 Å². The van der Waals surface area contributed by atoms with Crippen molar-refractivity contribution in [2.24, 2.45) is 0 Å². The number of carbonyl (C=O) groups is 1. The monoisotopic (exact) mass is 306 g/mol. The van der Waals surface area contributed by atoms with E-state index in [1.807, 2.05) is 0 Å². The third kappa shape index (κ3) is 3.20. The number of amides is 1. The molecule has 0 aliphatic carbocycles. The summed E-state index contributed by atoms with van der Waals surface area (Å²) in [6, 6.07) is 9.98. The van der Waals surface area contributed by atoms with Gasteiger partial charge in [0.1, 0.15) is 17.1 Å². The summed E-state index contributed by atoms with van der Waals surface area (Å²) in [6.07, 6.45) is 0. The van der Waals surface area contributed by atoms with Crippen LogP contribution in [0.5, 0.6) is 11.5 Å². The van der Waals surface area contributed by atoms with Crippen LogP contribution in [0.3, 0.4) is 0 Å². The van der Waals surface area contributed by atoms with E-state index in [0.29, 0.717) is 27.9 Å². The van der Waals surface area contributed by atoms with Gasteiger partial charge in [-0.15, -0.1) is 0 Å². The predicted molar refractivity (Wildman–Crippen MR) is 83.4 cm³/mol. The molecule has 2 aromatic carbocycles. The molecule has 6 heteroatoms. The van der Waals surface area contributed by atoms with E-state index >= 15 is 0 Å². The minimum Gasteiger partial charge on any atom is -0.497 e. The van der Waals surface area contributed by atoms with Crippen molar-refractivity contribution in [1.82, 2.24) is 0 Å². The van der Waals surface area contributed by atoms with Gasteiger partial charge in [0, 0.05) is 11.8 Å². The molecule has 0 aliphatic heterocycles. The quantitative estimate of drug-likeness (QED) is 0.851. The summed E-state index contributed by atoms with van der Waals surface area (Å²) in [6.45, 7) is 0. The van der Waals surface area contributed by atoms with Crippen LogP contribution < -0.4 is 20.5 Å². The fourth-order valence-electron chi connectivity index (χ4n) is 1.87. The first-order valence-corrected chi connectivity index (χ1v) is 6.52. The molecule has 0 spiro atoms. The summed E-state index contributed by atoms with van der Waals surface area (Å²) in [5.41, 5.74) is 6.87. The van der Waals surface area contributed by atoms with Gasteiger partial charge >= 0.3 is 0 Å². The molecule has 1 amide bonds. The summed E-state index contributed by atoms with van der Waals surface area (Å²) in [5.74, 6) is 0.578. The molecule has 3 N–H and O–H groups in total. The Bertz CT molecular complexity index is 674. The second-order valence-corrected chi connectivity index (χ2v) is 4.63. The number of rotatable bonds is 4. The van der Waals surface area contributed by atoms with Crippen LogP contribution in [0.2, 0.25) is 5.02 Å². The molecule has 0 bridgehead atoms. The zero-order valence-corrected chi connectivity index (χ0v) is 12.4. The highest BCUT2D eigenvalue weighted by molar-refractivity contribution is 6.34. The van der Waals surface area contributed by atoms with Crippen LogP contribution in [0.1, 0.15) is 10.4 Å². The zero-order valence-electron chi connectivity index (χ0n) is 11.6. The van der Waals surface area contributed by atoms with Gasteiger partial charge in [-0.3, -0.25) is 4.79 Å². The molecule has 2 aromatic rings. The van der Waals surface area contributed by atoms with Crippen LogP contribution in [-0.4, -0.2) is 20.1 Å². The fraction of sp³-hybridized carbons (Fsp3) is 0.133. The molecule has 0 unspecified atom stereocenters. The Morgan fingerprint density at radius 3 is 2.62 bits per heavy atom. The maximum Gasteiger partial charge on any atom is 0.261 e. The molecule has 2 rings (SSSR count). The standard InChI is InChI=1S/C15H15ClN2O3/c1-20-9-6-7-10(16)12(8-9)18-15(19)14-11(17)4-3-5-13(14)21-2/h3-8H,17H2,1-2H3,(H,18,19). The molecule has 0 radical (unpaired) electrons. The molecule has 0 heterocycles. The summed E-state index contributed by atoms with van der Waals surface area (Å²) in [5, 5.41) is 3.11. The third-order valence-electron chi connectivity index (χ3n) is 2.93. The second-order valence-electron chi connectivity index (χ2n) is 4.22. The number of nitrogens with one attached hydrogen (secondary N) is 1. The molecule has 0 fully saturated rings. The summed E-state index contributed by atoms with van der Waals surface area (Å²) in [7, 11) is 3.01. The lowest BCUT2D eigenvalue weighted by Crippen LogP contribution is -2.15. The molecular weight excluding hydrogens is 292 g/mol. The first-order chi connectivity index (χ1) is 10.1. The first-order valence-electron chi connectivity index (χ1n) is 6.14. The van der Waals surface area contributed by atoms with Crippen molar-refractivity contribution in [1.29, 1.82) is 0 Å². The number of benzene rings is 2. The summed E-state index contributed by atoms with van der Waals surface area (Å²) in [4.78, 5) is 12.4. The normalized spacial score (nSPS) is 10.0. The van der Waals surface area contributed by atoms with Crippen LogP contribution in [0.25, 0.3) is 0 Å². The lowest BCUT2D eigenvalue weighted by atomic mass is 10.1. The van der Waals surface area contributed by atoms with Gasteiger partial charge in [-0.2, -0.15) is 0 Å².